The molecule has 2 aromatic heterocycles. The fraction of sp³-hybridized carbons (Fsp3) is 0.160. The van der Waals surface area contributed by atoms with Gasteiger partial charge in [-0.2, -0.15) is 0 Å². The summed E-state index contributed by atoms with van der Waals surface area (Å²) in [4.78, 5) is 4.93. The predicted molar refractivity (Wildman–Crippen MR) is 232 cm³/mol. The van der Waals surface area contributed by atoms with E-state index in [1.807, 2.05) is 0 Å². The van der Waals surface area contributed by atoms with Crippen LogP contribution in [-0.4, -0.2) is 6.71 Å². The first-order chi connectivity index (χ1) is 26.6. The van der Waals surface area contributed by atoms with Gasteiger partial charge in [0.2, 0.25) is 5.88 Å². The smallest absolute Gasteiger partial charge is 0.302 e. The lowest BCUT2D eigenvalue weighted by Crippen LogP contribution is -2.60. The standard InChI is InChI=1S/C50H41BN2O2/c1-49(2,3)36-26-30-16-7-9-18-32(30)28-40(36)52-38-22-15-23-39-45(38)51(47-46(52)35-21-12-14-25-43(35)54-47)44-34-20-11-13-24-42(34)55-48(44)53(39)41-29-33-19-10-8-17-31(33)27-37(41)50(4,5)6/h7-29H,1-6H3. The Morgan fingerprint density at radius 3 is 1.49 bits per heavy atom. The highest BCUT2D eigenvalue weighted by atomic mass is 16.4. The van der Waals surface area contributed by atoms with Crippen LogP contribution in [0.25, 0.3) is 43.5 Å². The zero-order chi connectivity index (χ0) is 37.4. The van der Waals surface area contributed by atoms with E-state index in [2.05, 4.69) is 191 Å². The summed E-state index contributed by atoms with van der Waals surface area (Å²) in [6, 6.07) is 50.8. The molecule has 0 atom stereocenters. The van der Waals surface area contributed by atoms with Crippen LogP contribution < -0.4 is 26.4 Å². The summed E-state index contributed by atoms with van der Waals surface area (Å²) in [5, 5.41) is 7.08. The van der Waals surface area contributed by atoms with Gasteiger partial charge in [-0.15, -0.1) is 0 Å². The summed E-state index contributed by atoms with van der Waals surface area (Å²) in [5.41, 5.74) is 12.9. The lowest BCUT2D eigenvalue weighted by atomic mass is 9.35. The number of para-hydroxylation sites is 2. The van der Waals surface area contributed by atoms with Crippen molar-refractivity contribution in [1.29, 1.82) is 0 Å². The zero-order valence-corrected chi connectivity index (χ0v) is 32.1. The van der Waals surface area contributed by atoms with Crippen molar-refractivity contribution < 1.29 is 8.83 Å². The average Bonchev–Trinajstić information content (AvgIpc) is 3.75. The molecule has 11 rings (SSSR count). The van der Waals surface area contributed by atoms with E-state index < -0.39 is 0 Å². The molecule has 0 bridgehead atoms. The van der Waals surface area contributed by atoms with Crippen molar-refractivity contribution in [1.82, 2.24) is 0 Å². The first-order valence-corrected chi connectivity index (χ1v) is 19.4. The highest BCUT2D eigenvalue weighted by Crippen LogP contribution is 2.51. The summed E-state index contributed by atoms with van der Waals surface area (Å²) >= 11 is 0. The number of rotatable bonds is 2. The Labute approximate surface area is 321 Å². The number of nitrogens with zero attached hydrogens (tertiary/aromatic N) is 2. The third kappa shape index (κ3) is 4.59. The Kier molecular flexibility index (Phi) is 6.55. The first-order valence-electron chi connectivity index (χ1n) is 19.4. The van der Waals surface area contributed by atoms with Crippen LogP contribution >= 0.6 is 0 Å². The molecule has 4 heterocycles. The van der Waals surface area contributed by atoms with Gasteiger partial charge in [-0.25, -0.2) is 0 Å². The Balaban J connectivity index is 1.30. The molecule has 7 aromatic carbocycles. The van der Waals surface area contributed by atoms with E-state index >= 15 is 0 Å². The van der Waals surface area contributed by atoms with Gasteiger partial charge in [0.15, 0.2) is 0 Å². The number of benzene rings is 7. The molecule has 0 unspecified atom stereocenters. The van der Waals surface area contributed by atoms with E-state index in [4.69, 9.17) is 8.83 Å². The molecule has 2 aliphatic rings. The van der Waals surface area contributed by atoms with Gasteiger partial charge in [0.25, 0.3) is 0 Å². The maximum Gasteiger partial charge on any atom is 0.302 e. The number of furan rings is 2. The van der Waals surface area contributed by atoms with Crippen LogP contribution in [0.15, 0.2) is 148 Å². The molecule has 0 saturated heterocycles. The quantitative estimate of drug-likeness (QED) is 0.167. The molecule has 2 aliphatic heterocycles. The Morgan fingerprint density at radius 1 is 0.436 bits per heavy atom. The Bertz CT molecular complexity index is 3050. The van der Waals surface area contributed by atoms with E-state index in [9.17, 15) is 0 Å². The maximum atomic E-state index is 7.15. The van der Waals surface area contributed by atoms with Crippen molar-refractivity contribution >= 4 is 101 Å². The van der Waals surface area contributed by atoms with Gasteiger partial charge in [-0.05, 0) is 104 Å². The Hall–Kier alpha value is -6.20. The van der Waals surface area contributed by atoms with Gasteiger partial charge < -0.3 is 13.7 Å². The van der Waals surface area contributed by atoms with Crippen LogP contribution in [0.3, 0.4) is 0 Å². The minimum absolute atomic E-state index is 0.141. The summed E-state index contributed by atoms with van der Waals surface area (Å²) in [6.45, 7) is 13.7. The largest absolute Gasteiger partial charge is 0.468 e. The zero-order valence-electron chi connectivity index (χ0n) is 32.1. The molecule has 0 amide bonds. The van der Waals surface area contributed by atoms with Crippen molar-refractivity contribution in [2.75, 3.05) is 9.80 Å². The third-order valence-corrected chi connectivity index (χ3v) is 11.8. The summed E-state index contributed by atoms with van der Waals surface area (Å²) in [7, 11) is 0. The second-order valence-corrected chi connectivity index (χ2v) is 17.4. The number of anilines is 6. The van der Waals surface area contributed by atoms with Crippen LogP contribution in [0, 0.1) is 0 Å². The molecule has 55 heavy (non-hydrogen) atoms. The van der Waals surface area contributed by atoms with Crippen molar-refractivity contribution in [2.45, 2.75) is 52.4 Å². The lowest BCUT2D eigenvalue weighted by molar-refractivity contribution is 0.587. The normalized spacial score (nSPS) is 13.9. The topological polar surface area (TPSA) is 32.8 Å². The van der Waals surface area contributed by atoms with Crippen LogP contribution in [0.4, 0.5) is 34.3 Å². The lowest BCUT2D eigenvalue weighted by Gasteiger charge is -2.42. The van der Waals surface area contributed by atoms with Gasteiger partial charge in [-0.1, -0.05) is 126 Å². The SMILES string of the molecule is CC(C)(C)c1cc2ccccc2cc1N1c2cccc3c2B(c2oc4ccccc4c2N3c2cc3ccccc3cc2C(C)(C)C)c2c1oc1ccccc21. The number of hydrogen-bond acceptors (Lipinski definition) is 4. The highest BCUT2D eigenvalue weighted by molar-refractivity contribution is 7.01. The monoisotopic (exact) mass is 712 g/mol. The molecule has 0 spiro atoms. The van der Waals surface area contributed by atoms with Gasteiger partial charge in [0, 0.05) is 27.6 Å². The van der Waals surface area contributed by atoms with Crippen LogP contribution in [0.2, 0.25) is 0 Å². The maximum absolute atomic E-state index is 7.15. The van der Waals surface area contributed by atoms with Gasteiger partial charge in [-0.3, -0.25) is 4.90 Å². The van der Waals surface area contributed by atoms with Gasteiger partial charge in [0.05, 0.1) is 22.7 Å². The van der Waals surface area contributed by atoms with Crippen LogP contribution in [0.1, 0.15) is 52.7 Å². The van der Waals surface area contributed by atoms with Crippen molar-refractivity contribution in [3.8, 4) is 0 Å². The third-order valence-electron chi connectivity index (χ3n) is 11.8. The number of fused-ring (bicyclic) bond motifs is 10. The van der Waals surface area contributed by atoms with E-state index in [0.29, 0.717) is 0 Å². The number of hydrogen-bond donors (Lipinski definition) is 0. The first kappa shape index (κ1) is 32.3. The van der Waals surface area contributed by atoms with E-state index in [1.165, 1.54) is 43.8 Å². The second-order valence-electron chi connectivity index (χ2n) is 17.4. The molecule has 0 radical (unpaired) electrons. The minimum atomic E-state index is -0.197. The van der Waals surface area contributed by atoms with Crippen molar-refractivity contribution in [3.05, 3.63) is 151 Å². The Morgan fingerprint density at radius 2 is 0.909 bits per heavy atom. The summed E-state index contributed by atoms with van der Waals surface area (Å²) < 4.78 is 14.2. The van der Waals surface area contributed by atoms with Crippen molar-refractivity contribution in [3.63, 3.8) is 0 Å². The second kappa shape index (κ2) is 11.2. The molecule has 0 aliphatic carbocycles. The average molecular weight is 713 g/mol. The minimum Gasteiger partial charge on any atom is -0.468 e. The highest BCUT2D eigenvalue weighted by Gasteiger charge is 2.50. The molecule has 5 heteroatoms. The predicted octanol–water partition coefficient (Wildman–Crippen LogP) is 12.2. The van der Waals surface area contributed by atoms with Crippen LogP contribution in [-0.2, 0) is 10.8 Å². The molecule has 0 N–H and O–H groups in total. The van der Waals surface area contributed by atoms with Gasteiger partial charge >= 0.3 is 6.71 Å². The summed E-state index contributed by atoms with van der Waals surface area (Å²) in [5.74, 6) is 0.845. The molecular weight excluding hydrogens is 671 g/mol. The van der Waals surface area contributed by atoms with Gasteiger partial charge in [0.1, 0.15) is 11.2 Å². The molecular formula is C50H41BN2O2. The van der Waals surface area contributed by atoms with E-state index in [1.54, 1.807) is 0 Å². The molecule has 0 fully saturated rings. The van der Waals surface area contributed by atoms with Crippen LogP contribution in [0.5, 0.6) is 0 Å². The van der Waals surface area contributed by atoms with Crippen molar-refractivity contribution in [2.24, 2.45) is 0 Å². The molecule has 0 saturated carbocycles. The fourth-order valence-corrected chi connectivity index (χ4v) is 9.36. The van der Waals surface area contributed by atoms with E-state index in [-0.39, 0.29) is 17.5 Å². The van der Waals surface area contributed by atoms with E-state index in [0.717, 1.165) is 61.7 Å². The molecule has 266 valence electrons. The molecule has 4 nitrogen and oxygen atoms in total. The summed E-state index contributed by atoms with van der Waals surface area (Å²) in [6.07, 6.45) is 0. The molecule has 9 aromatic rings. The fourth-order valence-electron chi connectivity index (χ4n) is 9.36.